The molecule has 35 heavy (non-hydrogen) atoms. The SMILES string of the molecule is O=C(Nc1n[nH]c(C(=O)N2CC(F)(F)C[C@H]2C(=O)O)n1)OCC1c2ccccc2-c2ccccc21. The average molecular weight is 483 g/mol. The number of aromatic nitrogens is 3. The minimum absolute atomic E-state index is 0.0409. The Morgan fingerprint density at radius 2 is 1.74 bits per heavy atom. The van der Waals surface area contributed by atoms with E-state index < -0.39 is 48.7 Å². The largest absolute Gasteiger partial charge is 0.480 e. The molecule has 12 heteroatoms. The number of nitrogens with one attached hydrogen (secondary N) is 2. The lowest BCUT2D eigenvalue weighted by molar-refractivity contribution is -0.141. The number of alkyl halides is 2. The highest BCUT2D eigenvalue weighted by Gasteiger charge is 2.50. The minimum atomic E-state index is -3.33. The van der Waals surface area contributed by atoms with Crippen LogP contribution in [0.5, 0.6) is 0 Å². The number of hydrogen-bond donors (Lipinski definition) is 3. The molecule has 0 bridgehead atoms. The van der Waals surface area contributed by atoms with Crippen LogP contribution >= 0.6 is 0 Å². The third kappa shape index (κ3) is 4.18. The Balaban J connectivity index is 1.23. The van der Waals surface area contributed by atoms with E-state index in [4.69, 9.17) is 9.84 Å². The zero-order chi connectivity index (χ0) is 24.7. The molecule has 180 valence electrons. The van der Waals surface area contributed by atoms with Gasteiger partial charge in [0.05, 0.1) is 6.54 Å². The van der Waals surface area contributed by atoms with Gasteiger partial charge in [-0.2, -0.15) is 4.98 Å². The number of benzene rings is 2. The van der Waals surface area contributed by atoms with E-state index in [1.165, 1.54) is 0 Å². The van der Waals surface area contributed by atoms with Crippen molar-refractivity contribution in [2.24, 2.45) is 0 Å². The summed E-state index contributed by atoms with van der Waals surface area (Å²) in [5, 5.41) is 17.4. The lowest BCUT2D eigenvalue weighted by Gasteiger charge is -2.18. The van der Waals surface area contributed by atoms with Crippen molar-refractivity contribution < 1.29 is 33.0 Å². The molecule has 5 rings (SSSR count). The lowest BCUT2D eigenvalue weighted by Crippen LogP contribution is -2.41. The fourth-order valence-electron chi connectivity index (χ4n) is 4.53. The summed E-state index contributed by atoms with van der Waals surface area (Å²) < 4.78 is 32.7. The summed E-state index contributed by atoms with van der Waals surface area (Å²) in [6.45, 7) is -1.02. The highest BCUT2D eigenvalue weighted by atomic mass is 19.3. The molecule has 2 aromatic carbocycles. The van der Waals surface area contributed by atoms with Crippen molar-refractivity contribution in [3.8, 4) is 11.1 Å². The first-order chi connectivity index (χ1) is 16.7. The van der Waals surface area contributed by atoms with Crippen molar-refractivity contribution >= 4 is 23.9 Å². The van der Waals surface area contributed by atoms with Gasteiger partial charge < -0.3 is 14.7 Å². The molecule has 1 aliphatic carbocycles. The van der Waals surface area contributed by atoms with Crippen molar-refractivity contribution in [1.29, 1.82) is 0 Å². The van der Waals surface area contributed by atoms with Crippen LogP contribution in [0.4, 0.5) is 19.5 Å². The van der Waals surface area contributed by atoms with Gasteiger partial charge in [0.15, 0.2) is 0 Å². The van der Waals surface area contributed by atoms with Crippen LogP contribution < -0.4 is 5.32 Å². The van der Waals surface area contributed by atoms with Gasteiger partial charge in [0.25, 0.3) is 17.8 Å². The van der Waals surface area contributed by atoms with E-state index in [0.717, 1.165) is 22.3 Å². The number of carbonyl (C=O) groups excluding carboxylic acids is 2. The zero-order valence-electron chi connectivity index (χ0n) is 18.1. The number of carboxylic acid groups (broad SMARTS) is 1. The summed E-state index contributed by atoms with van der Waals surface area (Å²) in [6, 6.07) is 14.0. The maximum Gasteiger partial charge on any atom is 0.414 e. The number of hydrogen-bond acceptors (Lipinski definition) is 6. The van der Waals surface area contributed by atoms with Gasteiger partial charge in [-0.15, -0.1) is 5.10 Å². The number of aromatic amines is 1. The molecule has 1 fully saturated rings. The summed E-state index contributed by atoms with van der Waals surface area (Å²) in [5.74, 6) is -6.91. The van der Waals surface area contributed by atoms with Gasteiger partial charge in [0.1, 0.15) is 12.6 Å². The van der Waals surface area contributed by atoms with Gasteiger partial charge in [0, 0.05) is 12.3 Å². The van der Waals surface area contributed by atoms with Crippen LogP contribution in [0.2, 0.25) is 0 Å². The first-order valence-electron chi connectivity index (χ1n) is 10.7. The number of likely N-dealkylation sites (tertiary alicyclic amines) is 1. The fourth-order valence-corrected chi connectivity index (χ4v) is 4.53. The highest BCUT2D eigenvalue weighted by Crippen LogP contribution is 2.44. The molecule has 3 N–H and O–H groups in total. The smallest absolute Gasteiger partial charge is 0.414 e. The summed E-state index contributed by atoms with van der Waals surface area (Å²) in [4.78, 5) is 40.5. The van der Waals surface area contributed by atoms with Crippen molar-refractivity contribution in [3.05, 3.63) is 65.5 Å². The highest BCUT2D eigenvalue weighted by molar-refractivity contribution is 5.94. The van der Waals surface area contributed by atoms with Crippen LogP contribution in [0, 0.1) is 0 Å². The Hall–Kier alpha value is -4.35. The molecule has 2 heterocycles. The van der Waals surface area contributed by atoms with Gasteiger partial charge >= 0.3 is 12.1 Å². The average Bonchev–Trinajstić information content (AvgIpc) is 3.51. The maximum atomic E-state index is 13.7. The number of rotatable bonds is 5. The lowest BCUT2D eigenvalue weighted by atomic mass is 9.98. The van der Waals surface area contributed by atoms with Crippen LogP contribution in [0.3, 0.4) is 0 Å². The molecule has 1 aliphatic heterocycles. The Morgan fingerprint density at radius 1 is 1.11 bits per heavy atom. The van der Waals surface area contributed by atoms with Crippen LogP contribution in [0.15, 0.2) is 48.5 Å². The molecule has 0 radical (unpaired) electrons. The summed E-state index contributed by atoms with van der Waals surface area (Å²) in [7, 11) is 0. The van der Waals surface area contributed by atoms with Crippen LogP contribution in [0.25, 0.3) is 11.1 Å². The maximum absolute atomic E-state index is 13.7. The molecule has 10 nitrogen and oxygen atoms in total. The molecular formula is C23H19F2N5O5. The van der Waals surface area contributed by atoms with E-state index in [1.807, 2.05) is 48.5 Å². The molecule has 3 aromatic rings. The molecule has 0 spiro atoms. The Bertz CT molecular complexity index is 1280. The molecule has 2 aliphatic rings. The quantitative estimate of drug-likeness (QED) is 0.507. The van der Waals surface area contributed by atoms with E-state index in [2.05, 4.69) is 20.5 Å². The predicted molar refractivity (Wildman–Crippen MR) is 117 cm³/mol. The monoisotopic (exact) mass is 483 g/mol. The Morgan fingerprint density at radius 3 is 2.37 bits per heavy atom. The number of amides is 2. The van der Waals surface area contributed by atoms with Crippen LogP contribution in [-0.4, -0.2) is 68.3 Å². The molecule has 1 aromatic heterocycles. The van der Waals surface area contributed by atoms with E-state index >= 15 is 0 Å². The molecule has 1 saturated heterocycles. The van der Waals surface area contributed by atoms with Crippen molar-refractivity contribution in [1.82, 2.24) is 20.1 Å². The van der Waals surface area contributed by atoms with E-state index in [9.17, 15) is 23.2 Å². The standard InChI is InChI=1S/C23H19F2N5O5/c24-23(25)9-17(20(32)33)30(11-23)19(31)18-26-21(29-28-18)27-22(34)35-10-16-14-7-3-1-5-12(14)13-6-2-4-8-15(13)16/h1-8,16-17H,9-11H2,(H,32,33)(H2,26,27,28,29,34)/t17-/m0/s1. The number of nitrogens with zero attached hydrogens (tertiary/aromatic N) is 3. The fraction of sp³-hybridized carbons (Fsp3) is 0.261. The second kappa shape index (κ2) is 8.46. The summed E-state index contributed by atoms with van der Waals surface area (Å²) >= 11 is 0. The normalized spacial score (nSPS) is 18.1. The Labute approximate surface area is 196 Å². The van der Waals surface area contributed by atoms with Crippen molar-refractivity contribution in [2.75, 3.05) is 18.5 Å². The molecular weight excluding hydrogens is 464 g/mol. The van der Waals surface area contributed by atoms with E-state index in [-0.39, 0.29) is 18.5 Å². The number of H-pyrrole nitrogens is 1. The number of carbonyl (C=O) groups is 3. The van der Waals surface area contributed by atoms with E-state index in [1.54, 1.807) is 0 Å². The first kappa shape index (κ1) is 22.4. The number of aliphatic carboxylic acids is 1. The third-order valence-corrected chi connectivity index (χ3v) is 6.06. The minimum Gasteiger partial charge on any atom is -0.480 e. The second-order valence-electron chi connectivity index (χ2n) is 8.31. The van der Waals surface area contributed by atoms with Gasteiger partial charge in [-0.25, -0.2) is 18.4 Å². The topological polar surface area (TPSA) is 138 Å². The van der Waals surface area contributed by atoms with Crippen molar-refractivity contribution in [2.45, 2.75) is 24.3 Å². The van der Waals surface area contributed by atoms with Gasteiger partial charge in [-0.05, 0) is 22.3 Å². The van der Waals surface area contributed by atoms with Crippen LogP contribution in [-0.2, 0) is 9.53 Å². The van der Waals surface area contributed by atoms with Crippen molar-refractivity contribution in [3.63, 3.8) is 0 Å². The number of ether oxygens (including phenoxy) is 1. The first-order valence-corrected chi connectivity index (χ1v) is 10.7. The van der Waals surface area contributed by atoms with Crippen LogP contribution in [0.1, 0.15) is 34.1 Å². The number of carboxylic acids is 1. The van der Waals surface area contributed by atoms with E-state index in [0.29, 0.717) is 4.90 Å². The third-order valence-electron chi connectivity index (χ3n) is 6.06. The van der Waals surface area contributed by atoms with Gasteiger partial charge in [-0.3, -0.25) is 15.2 Å². The second-order valence-corrected chi connectivity index (χ2v) is 8.31. The molecule has 0 unspecified atom stereocenters. The molecule has 2 amide bonds. The summed E-state index contributed by atoms with van der Waals surface area (Å²) in [5.41, 5.74) is 4.20. The number of fused-ring (bicyclic) bond motifs is 3. The molecule has 1 atom stereocenters. The summed E-state index contributed by atoms with van der Waals surface area (Å²) in [6.07, 6.45) is -1.87. The van der Waals surface area contributed by atoms with Gasteiger partial charge in [-0.1, -0.05) is 48.5 Å². The number of anilines is 1. The number of halogens is 2. The predicted octanol–water partition coefficient (Wildman–Crippen LogP) is 3.10. The zero-order valence-corrected chi connectivity index (χ0v) is 18.1. The molecule has 0 saturated carbocycles. The van der Waals surface area contributed by atoms with Gasteiger partial charge in [0.2, 0.25) is 5.82 Å². The Kier molecular flexibility index (Phi) is 5.42.